The van der Waals surface area contributed by atoms with Gasteiger partial charge in [0.15, 0.2) is 0 Å². The van der Waals surface area contributed by atoms with Crippen LogP contribution in [0.1, 0.15) is 12.8 Å². The van der Waals surface area contributed by atoms with E-state index in [0.717, 1.165) is 0 Å². The molecule has 16 heavy (non-hydrogen) atoms. The lowest BCUT2D eigenvalue weighted by atomic mass is 10.3. The van der Waals surface area contributed by atoms with Gasteiger partial charge in [0, 0.05) is 11.8 Å². The van der Waals surface area contributed by atoms with Crippen molar-refractivity contribution in [3.05, 3.63) is 24.3 Å². The molecule has 0 atom stereocenters. The molecule has 1 aliphatic carbocycles. The van der Waals surface area contributed by atoms with Crippen LogP contribution in [0.4, 0.5) is 10.5 Å². The summed E-state index contributed by atoms with van der Waals surface area (Å²) in [6.45, 7) is 0.513. The Hall–Kier alpha value is -1.71. The Kier molecular flexibility index (Phi) is 3.29. The van der Waals surface area contributed by atoms with E-state index in [1.807, 2.05) is 0 Å². The van der Waals surface area contributed by atoms with E-state index in [1.165, 1.54) is 12.8 Å². The van der Waals surface area contributed by atoms with Gasteiger partial charge in [-0.3, -0.25) is 5.32 Å². The number of carbonyl (C=O) groups is 1. The van der Waals surface area contributed by atoms with E-state index in [1.54, 1.807) is 25.3 Å². The maximum absolute atomic E-state index is 11.4. The normalized spacial score (nSPS) is 14.3. The minimum Gasteiger partial charge on any atom is -0.497 e. The first-order valence-electron chi connectivity index (χ1n) is 5.27. The minimum absolute atomic E-state index is 0.423. The zero-order valence-electron chi connectivity index (χ0n) is 9.16. The molecule has 0 heterocycles. The molecular formula is C12H14NO3. The molecular weight excluding hydrogens is 206 g/mol. The fourth-order valence-corrected chi connectivity index (χ4v) is 1.27. The number of anilines is 1. The van der Waals surface area contributed by atoms with Gasteiger partial charge in [-0.25, -0.2) is 4.79 Å². The van der Waals surface area contributed by atoms with E-state index in [9.17, 15) is 4.79 Å². The molecule has 1 saturated carbocycles. The Bertz CT molecular complexity index is 374. The average Bonchev–Trinajstić information content (AvgIpc) is 3.10. The van der Waals surface area contributed by atoms with Crippen molar-refractivity contribution in [1.82, 2.24) is 0 Å². The van der Waals surface area contributed by atoms with Crippen molar-refractivity contribution >= 4 is 11.8 Å². The highest BCUT2D eigenvalue weighted by Crippen LogP contribution is 2.28. The SMILES string of the molecule is COc1c[c]cc(NC(=O)OCC2CC2)c1. The lowest BCUT2D eigenvalue weighted by Crippen LogP contribution is -2.15. The molecule has 1 amide bonds. The molecule has 1 fully saturated rings. The number of rotatable bonds is 4. The molecule has 1 aliphatic rings. The van der Waals surface area contributed by atoms with Gasteiger partial charge in [-0.1, -0.05) is 0 Å². The summed E-state index contributed by atoms with van der Waals surface area (Å²) in [4.78, 5) is 11.4. The van der Waals surface area contributed by atoms with Gasteiger partial charge in [-0.15, -0.1) is 0 Å². The van der Waals surface area contributed by atoms with Crippen LogP contribution in [0.2, 0.25) is 0 Å². The summed E-state index contributed by atoms with van der Waals surface area (Å²) >= 11 is 0. The Labute approximate surface area is 94.6 Å². The molecule has 1 N–H and O–H groups in total. The molecule has 2 rings (SSSR count). The van der Waals surface area contributed by atoms with Crippen LogP contribution in [0.3, 0.4) is 0 Å². The van der Waals surface area contributed by atoms with Crippen molar-refractivity contribution < 1.29 is 14.3 Å². The highest BCUT2D eigenvalue weighted by atomic mass is 16.5. The molecule has 4 nitrogen and oxygen atoms in total. The summed E-state index contributed by atoms with van der Waals surface area (Å²) in [5.74, 6) is 1.22. The Morgan fingerprint density at radius 1 is 1.56 bits per heavy atom. The molecule has 1 aromatic carbocycles. The topological polar surface area (TPSA) is 47.6 Å². The van der Waals surface area contributed by atoms with Gasteiger partial charge in [0.25, 0.3) is 0 Å². The average molecular weight is 220 g/mol. The first kappa shape index (κ1) is 10.8. The predicted octanol–water partition coefficient (Wildman–Crippen LogP) is 2.45. The molecule has 0 aliphatic heterocycles. The number of hydrogen-bond donors (Lipinski definition) is 1. The highest BCUT2D eigenvalue weighted by molar-refractivity contribution is 5.84. The zero-order chi connectivity index (χ0) is 11.4. The highest BCUT2D eigenvalue weighted by Gasteiger charge is 2.22. The van der Waals surface area contributed by atoms with Crippen molar-refractivity contribution in [3.8, 4) is 5.75 Å². The number of ether oxygens (including phenoxy) is 2. The van der Waals surface area contributed by atoms with E-state index < -0.39 is 6.09 Å². The molecule has 1 radical (unpaired) electrons. The second kappa shape index (κ2) is 4.88. The molecule has 0 unspecified atom stereocenters. The summed E-state index contributed by atoms with van der Waals surface area (Å²) < 4.78 is 10.1. The van der Waals surface area contributed by atoms with Crippen LogP contribution >= 0.6 is 0 Å². The molecule has 0 bridgehead atoms. The van der Waals surface area contributed by atoms with Gasteiger partial charge >= 0.3 is 6.09 Å². The maximum Gasteiger partial charge on any atom is 0.411 e. The number of carbonyl (C=O) groups excluding carboxylic acids is 1. The zero-order valence-corrected chi connectivity index (χ0v) is 9.16. The van der Waals surface area contributed by atoms with Crippen LogP contribution in [0.15, 0.2) is 18.2 Å². The Balaban J connectivity index is 1.83. The monoisotopic (exact) mass is 220 g/mol. The number of amides is 1. The minimum atomic E-state index is -0.423. The summed E-state index contributed by atoms with van der Waals surface area (Å²) in [7, 11) is 1.57. The third-order valence-corrected chi connectivity index (χ3v) is 2.39. The van der Waals surface area contributed by atoms with Gasteiger partial charge in [0.05, 0.1) is 13.7 Å². The molecule has 0 saturated heterocycles. The van der Waals surface area contributed by atoms with Crippen molar-refractivity contribution in [1.29, 1.82) is 0 Å². The lowest BCUT2D eigenvalue weighted by molar-refractivity contribution is 0.156. The molecule has 85 valence electrons. The van der Waals surface area contributed by atoms with Gasteiger partial charge in [-0.2, -0.15) is 0 Å². The van der Waals surface area contributed by atoms with Crippen LogP contribution in [-0.4, -0.2) is 19.8 Å². The van der Waals surface area contributed by atoms with E-state index in [0.29, 0.717) is 24.0 Å². The van der Waals surface area contributed by atoms with Gasteiger partial charge in [-0.05, 0) is 37.0 Å². The summed E-state index contributed by atoms with van der Waals surface area (Å²) in [6, 6.07) is 7.95. The van der Waals surface area contributed by atoms with Crippen molar-refractivity contribution in [2.45, 2.75) is 12.8 Å². The van der Waals surface area contributed by atoms with E-state index >= 15 is 0 Å². The van der Waals surface area contributed by atoms with Crippen LogP contribution in [0.25, 0.3) is 0 Å². The smallest absolute Gasteiger partial charge is 0.411 e. The molecule has 0 aromatic heterocycles. The Morgan fingerprint density at radius 2 is 2.38 bits per heavy atom. The number of methoxy groups -OCH3 is 1. The van der Waals surface area contributed by atoms with Crippen LogP contribution < -0.4 is 10.1 Å². The number of nitrogens with one attached hydrogen (secondary N) is 1. The van der Waals surface area contributed by atoms with Crippen LogP contribution in [-0.2, 0) is 4.74 Å². The van der Waals surface area contributed by atoms with Crippen LogP contribution in [0.5, 0.6) is 5.75 Å². The lowest BCUT2D eigenvalue weighted by Gasteiger charge is -2.07. The van der Waals surface area contributed by atoms with E-state index in [2.05, 4.69) is 11.4 Å². The van der Waals surface area contributed by atoms with Gasteiger partial charge in [0.1, 0.15) is 5.75 Å². The molecule has 1 aromatic rings. The third-order valence-electron chi connectivity index (χ3n) is 2.39. The molecule has 0 spiro atoms. The first-order valence-corrected chi connectivity index (χ1v) is 5.27. The number of benzene rings is 1. The summed E-state index contributed by atoms with van der Waals surface area (Å²) in [5, 5.41) is 2.63. The first-order chi connectivity index (χ1) is 7.78. The standard InChI is InChI=1S/C12H14NO3/c1-15-11-4-2-3-10(7-11)13-12(14)16-8-9-5-6-9/h3-4,7,9H,5-6,8H2,1H3,(H,13,14). The Morgan fingerprint density at radius 3 is 3.06 bits per heavy atom. The fourth-order valence-electron chi connectivity index (χ4n) is 1.27. The largest absolute Gasteiger partial charge is 0.497 e. The quantitative estimate of drug-likeness (QED) is 0.847. The fraction of sp³-hybridized carbons (Fsp3) is 0.417. The van der Waals surface area contributed by atoms with Crippen LogP contribution in [0, 0.1) is 12.0 Å². The third kappa shape index (κ3) is 3.15. The van der Waals surface area contributed by atoms with Gasteiger partial charge < -0.3 is 9.47 Å². The van der Waals surface area contributed by atoms with E-state index in [4.69, 9.17) is 9.47 Å². The second-order valence-corrected chi connectivity index (χ2v) is 3.83. The maximum atomic E-state index is 11.4. The predicted molar refractivity (Wildman–Crippen MR) is 59.5 cm³/mol. The van der Waals surface area contributed by atoms with Crippen molar-refractivity contribution in [2.24, 2.45) is 5.92 Å². The number of hydrogen-bond acceptors (Lipinski definition) is 3. The summed E-state index contributed by atoms with van der Waals surface area (Å²) in [6.07, 6.45) is 1.91. The van der Waals surface area contributed by atoms with E-state index in [-0.39, 0.29) is 0 Å². The van der Waals surface area contributed by atoms with Crippen molar-refractivity contribution in [2.75, 3.05) is 19.0 Å². The second-order valence-electron chi connectivity index (χ2n) is 3.83. The van der Waals surface area contributed by atoms with Crippen molar-refractivity contribution in [3.63, 3.8) is 0 Å². The molecule has 4 heteroatoms. The van der Waals surface area contributed by atoms with Gasteiger partial charge in [0.2, 0.25) is 0 Å². The summed E-state index contributed by atoms with van der Waals surface area (Å²) in [5.41, 5.74) is 0.625.